The number of benzene rings is 2. The second-order valence-electron chi connectivity index (χ2n) is 5.63. The van der Waals surface area contributed by atoms with Crippen LogP contribution in [0.4, 0.5) is 28.0 Å². The van der Waals surface area contributed by atoms with Gasteiger partial charge in [-0.15, -0.1) is 0 Å². The molecule has 2 aromatic rings. The molecule has 0 saturated carbocycles. The molecule has 1 unspecified atom stereocenters. The van der Waals surface area contributed by atoms with Gasteiger partial charge >= 0.3 is 11.5 Å². The van der Waals surface area contributed by atoms with Gasteiger partial charge < -0.3 is 4.74 Å². The summed E-state index contributed by atoms with van der Waals surface area (Å²) < 4.78 is 60.2. The number of imide groups is 1. The first kappa shape index (κ1) is 19.4. The van der Waals surface area contributed by atoms with Crippen molar-refractivity contribution in [2.75, 3.05) is 12.0 Å². The maximum atomic E-state index is 16.1. The van der Waals surface area contributed by atoms with Gasteiger partial charge in [0.2, 0.25) is 5.67 Å². The van der Waals surface area contributed by atoms with Gasteiger partial charge in [-0.1, -0.05) is 17.7 Å². The average Bonchev–Trinajstić information content (AvgIpc) is 2.82. The van der Waals surface area contributed by atoms with Gasteiger partial charge in [0.1, 0.15) is 5.75 Å². The van der Waals surface area contributed by atoms with Gasteiger partial charge in [0.25, 0.3) is 5.91 Å². The number of fused-ring (bicyclic) bond motifs is 1. The molecule has 2 aromatic carbocycles. The quantitative estimate of drug-likeness (QED) is 0.376. The van der Waals surface area contributed by atoms with Crippen molar-refractivity contribution in [3.05, 3.63) is 58.1 Å². The Morgan fingerprint density at radius 3 is 2.37 bits per heavy atom. The molecule has 2 amide bonds. The van der Waals surface area contributed by atoms with Crippen LogP contribution in [-0.4, -0.2) is 18.4 Å². The Labute approximate surface area is 160 Å². The fraction of sp³-hybridized carbons (Fsp3) is 0.176. The molecular formula is C17H9Cl2F4NO3. The number of alkyl halides is 4. The van der Waals surface area contributed by atoms with Crippen molar-refractivity contribution >= 4 is 40.2 Å². The van der Waals surface area contributed by atoms with E-state index in [1.54, 1.807) is 0 Å². The first-order valence-electron chi connectivity index (χ1n) is 7.30. The fourth-order valence-corrected chi connectivity index (χ4v) is 3.29. The normalized spacial score (nSPS) is 19.2. The van der Waals surface area contributed by atoms with Gasteiger partial charge in [0.05, 0.1) is 18.4 Å². The lowest BCUT2D eigenvalue weighted by Gasteiger charge is -2.22. The minimum absolute atomic E-state index is 0.0553. The van der Waals surface area contributed by atoms with Gasteiger partial charge in [-0.3, -0.25) is 9.59 Å². The van der Waals surface area contributed by atoms with E-state index < -0.39 is 39.9 Å². The molecular weight excluding hydrogens is 413 g/mol. The van der Waals surface area contributed by atoms with E-state index in [0.717, 1.165) is 12.1 Å². The third-order valence-corrected chi connectivity index (χ3v) is 4.55. The Bertz CT molecular complexity index is 964. The number of carbonyl (C=O) groups excluding carboxylic acids is 2. The van der Waals surface area contributed by atoms with Crippen molar-refractivity contribution in [3.8, 4) is 5.75 Å². The number of rotatable bonds is 2. The molecule has 0 spiro atoms. The molecule has 0 N–H and O–H groups in total. The van der Waals surface area contributed by atoms with Gasteiger partial charge in [-0.25, -0.2) is 9.29 Å². The third kappa shape index (κ3) is 2.93. The lowest BCUT2D eigenvalue weighted by Crippen LogP contribution is -2.39. The number of hydrogen-bond donors (Lipinski definition) is 0. The summed E-state index contributed by atoms with van der Waals surface area (Å²) in [6, 6.07) is 5.66. The molecule has 10 heteroatoms. The van der Waals surface area contributed by atoms with Crippen LogP contribution in [0.3, 0.4) is 0 Å². The smallest absolute Gasteiger partial charge is 0.416 e. The molecule has 27 heavy (non-hydrogen) atoms. The standard InChI is InChI=1S/C17H9Cl2F4NO3/c1-27-13-5-3-9(18)7-11(13)16(20)10-4-2-8(17(21,22)23)6-12(10)24(14(16)25)15(19)26/h2-7H,1H3. The van der Waals surface area contributed by atoms with E-state index in [0.29, 0.717) is 12.1 Å². The largest absolute Gasteiger partial charge is 0.496 e. The van der Waals surface area contributed by atoms with Gasteiger partial charge in [0.15, 0.2) is 0 Å². The Morgan fingerprint density at radius 2 is 1.81 bits per heavy atom. The highest BCUT2D eigenvalue weighted by molar-refractivity contribution is 6.69. The average molecular weight is 422 g/mol. The van der Waals surface area contributed by atoms with Crippen LogP contribution in [0.5, 0.6) is 5.75 Å². The number of halogens is 6. The number of anilines is 1. The predicted octanol–water partition coefficient (Wildman–Crippen LogP) is 5.29. The van der Waals surface area contributed by atoms with Crippen LogP contribution in [0.15, 0.2) is 36.4 Å². The highest BCUT2D eigenvalue weighted by Gasteiger charge is 2.57. The van der Waals surface area contributed by atoms with Crippen molar-refractivity contribution in [1.29, 1.82) is 0 Å². The molecule has 1 heterocycles. The van der Waals surface area contributed by atoms with E-state index in [1.165, 1.54) is 19.2 Å². The number of ether oxygens (including phenoxy) is 1. The summed E-state index contributed by atoms with van der Waals surface area (Å²) >= 11 is 11.2. The van der Waals surface area contributed by atoms with Crippen LogP contribution < -0.4 is 9.64 Å². The van der Waals surface area contributed by atoms with E-state index in [2.05, 4.69) is 0 Å². The first-order chi connectivity index (χ1) is 12.5. The Balaban J connectivity index is 2.33. The van der Waals surface area contributed by atoms with Crippen LogP contribution >= 0.6 is 23.2 Å². The zero-order valence-electron chi connectivity index (χ0n) is 13.4. The van der Waals surface area contributed by atoms with Crippen molar-refractivity contribution in [2.24, 2.45) is 0 Å². The zero-order chi connectivity index (χ0) is 20.1. The molecule has 0 aliphatic carbocycles. The molecule has 0 fully saturated rings. The van der Waals surface area contributed by atoms with Crippen LogP contribution in [0.25, 0.3) is 0 Å². The van der Waals surface area contributed by atoms with Crippen molar-refractivity contribution in [1.82, 2.24) is 0 Å². The van der Waals surface area contributed by atoms with Crippen LogP contribution in [0, 0.1) is 0 Å². The topological polar surface area (TPSA) is 46.6 Å². The summed E-state index contributed by atoms with van der Waals surface area (Å²) in [4.78, 5) is 24.6. The molecule has 0 aromatic heterocycles. The Kier molecular flexibility index (Phi) is 4.60. The molecule has 142 valence electrons. The number of nitrogens with zero attached hydrogens (tertiary/aromatic N) is 1. The number of amides is 2. The maximum absolute atomic E-state index is 16.1. The second kappa shape index (κ2) is 6.38. The number of hydrogen-bond acceptors (Lipinski definition) is 3. The molecule has 1 atom stereocenters. The van der Waals surface area contributed by atoms with Crippen molar-refractivity contribution in [2.45, 2.75) is 11.8 Å². The number of methoxy groups -OCH3 is 1. The number of carbonyl (C=O) groups is 2. The summed E-state index contributed by atoms with van der Waals surface area (Å²) in [5.41, 5.74) is -5.61. The molecule has 0 bridgehead atoms. The minimum atomic E-state index is -4.77. The Morgan fingerprint density at radius 1 is 1.15 bits per heavy atom. The van der Waals surface area contributed by atoms with Crippen LogP contribution in [0.2, 0.25) is 5.02 Å². The first-order valence-corrected chi connectivity index (χ1v) is 8.06. The molecule has 3 rings (SSSR count). The lowest BCUT2D eigenvalue weighted by molar-refractivity contribution is -0.137. The molecule has 1 aliphatic rings. The second-order valence-corrected chi connectivity index (χ2v) is 6.39. The molecule has 4 nitrogen and oxygen atoms in total. The highest BCUT2D eigenvalue weighted by atomic mass is 35.5. The van der Waals surface area contributed by atoms with Gasteiger partial charge in [-0.2, -0.15) is 13.2 Å². The van der Waals surface area contributed by atoms with Crippen LogP contribution in [0.1, 0.15) is 16.7 Å². The SMILES string of the molecule is COc1ccc(Cl)cc1C1(F)C(=O)N(C(=O)Cl)c2cc(C(F)(F)F)ccc21. The molecule has 0 radical (unpaired) electrons. The summed E-state index contributed by atoms with van der Waals surface area (Å²) in [5.74, 6) is -1.54. The predicted molar refractivity (Wildman–Crippen MR) is 90.1 cm³/mol. The summed E-state index contributed by atoms with van der Waals surface area (Å²) in [6.45, 7) is 0. The summed E-state index contributed by atoms with van der Waals surface area (Å²) in [5, 5.41) is -1.39. The third-order valence-electron chi connectivity index (χ3n) is 4.14. The van der Waals surface area contributed by atoms with Gasteiger partial charge in [-0.05, 0) is 41.9 Å². The highest BCUT2D eigenvalue weighted by Crippen LogP contribution is 2.51. The summed E-state index contributed by atoms with van der Waals surface area (Å²) in [7, 11) is 1.22. The monoisotopic (exact) mass is 421 g/mol. The van der Waals surface area contributed by atoms with Crippen molar-refractivity contribution in [3.63, 3.8) is 0 Å². The summed E-state index contributed by atoms with van der Waals surface area (Å²) in [6.07, 6.45) is -4.77. The van der Waals surface area contributed by atoms with Gasteiger partial charge in [0, 0.05) is 16.1 Å². The molecule has 0 saturated heterocycles. The van der Waals surface area contributed by atoms with E-state index in [1.807, 2.05) is 0 Å². The van der Waals surface area contributed by atoms with E-state index in [9.17, 15) is 22.8 Å². The molecule has 1 aliphatic heterocycles. The minimum Gasteiger partial charge on any atom is -0.496 e. The van der Waals surface area contributed by atoms with E-state index in [4.69, 9.17) is 27.9 Å². The fourth-order valence-electron chi connectivity index (χ4n) is 2.95. The Hall–Kier alpha value is -2.32. The van der Waals surface area contributed by atoms with Crippen molar-refractivity contribution < 1.29 is 31.9 Å². The van der Waals surface area contributed by atoms with Crippen LogP contribution in [-0.2, 0) is 16.6 Å². The van der Waals surface area contributed by atoms with E-state index in [-0.39, 0.29) is 21.2 Å². The van der Waals surface area contributed by atoms with E-state index >= 15 is 4.39 Å². The lowest BCUT2D eigenvalue weighted by atomic mass is 9.88. The zero-order valence-corrected chi connectivity index (χ0v) is 14.9. The maximum Gasteiger partial charge on any atom is 0.416 e.